The minimum Gasteiger partial charge on any atom is -0.436 e. The number of nitrogens with one attached hydrogen (secondary N) is 1. The lowest BCUT2D eigenvalue weighted by Crippen LogP contribution is -2.34. The van der Waals surface area contributed by atoms with E-state index in [-0.39, 0.29) is 0 Å². The summed E-state index contributed by atoms with van der Waals surface area (Å²) in [5.41, 5.74) is 5.18. The molecule has 6 nitrogen and oxygen atoms in total. The average Bonchev–Trinajstić information content (AvgIpc) is 2.46. The van der Waals surface area contributed by atoms with Gasteiger partial charge in [0, 0.05) is 11.6 Å². The number of fused-ring (bicyclic) bond motifs is 1. The molecule has 0 fully saturated rings. The molecule has 0 bridgehead atoms. The first-order valence-electron chi connectivity index (χ1n) is 6.72. The molecule has 1 atom stereocenters. The molecule has 0 aliphatic rings. The Labute approximate surface area is 122 Å². The van der Waals surface area contributed by atoms with Crippen LogP contribution in [0.5, 0.6) is 0 Å². The van der Waals surface area contributed by atoms with Gasteiger partial charge in [-0.3, -0.25) is 10.1 Å². The Morgan fingerprint density at radius 1 is 1.33 bits per heavy atom. The van der Waals surface area contributed by atoms with E-state index in [1.165, 1.54) is 0 Å². The van der Waals surface area contributed by atoms with Crippen molar-refractivity contribution in [1.82, 2.24) is 4.98 Å². The molecule has 0 saturated heterocycles. The number of hydrogen-bond acceptors (Lipinski definition) is 4. The highest BCUT2D eigenvalue weighted by molar-refractivity contribution is 5.90. The van der Waals surface area contributed by atoms with Crippen LogP contribution in [0.1, 0.15) is 19.8 Å². The molecule has 110 valence electrons. The van der Waals surface area contributed by atoms with Gasteiger partial charge in [-0.15, -0.1) is 0 Å². The topological polar surface area (TPSA) is 94.3 Å². The van der Waals surface area contributed by atoms with Crippen molar-refractivity contribution < 1.29 is 14.3 Å². The molecule has 3 N–H and O–H groups in total. The quantitative estimate of drug-likeness (QED) is 0.883. The Morgan fingerprint density at radius 2 is 2.05 bits per heavy atom. The largest absolute Gasteiger partial charge is 0.436 e. The van der Waals surface area contributed by atoms with Crippen LogP contribution in [-0.2, 0) is 9.53 Å². The lowest BCUT2D eigenvalue weighted by Gasteiger charge is -2.14. The number of primary amides is 1. The van der Waals surface area contributed by atoms with E-state index in [4.69, 9.17) is 10.5 Å². The van der Waals surface area contributed by atoms with Gasteiger partial charge >= 0.3 is 6.09 Å². The molecule has 1 aromatic carbocycles. The first-order valence-corrected chi connectivity index (χ1v) is 6.72. The Kier molecular flexibility index (Phi) is 4.71. The number of anilines is 1. The van der Waals surface area contributed by atoms with E-state index in [1.807, 2.05) is 31.2 Å². The van der Waals surface area contributed by atoms with Crippen LogP contribution < -0.4 is 11.1 Å². The number of pyridine rings is 1. The van der Waals surface area contributed by atoms with Crippen LogP contribution >= 0.6 is 0 Å². The summed E-state index contributed by atoms with van der Waals surface area (Å²) in [6, 6.07) is 9.38. The zero-order chi connectivity index (χ0) is 15.2. The predicted octanol–water partition coefficient (Wildman–Crippen LogP) is 2.44. The van der Waals surface area contributed by atoms with E-state index in [9.17, 15) is 9.59 Å². The molecule has 0 saturated carbocycles. The molecule has 2 rings (SSSR count). The van der Waals surface area contributed by atoms with Crippen molar-refractivity contribution in [3.8, 4) is 0 Å². The van der Waals surface area contributed by atoms with Crippen LogP contribution in [0, 0.1) is 0 Å². The van der Waals surface area contributed by atoms with Gasteiger partial charge in [0.25, 0.3) is 5.91 Å². The van der Waals surface area contributed by atoms with Crippen LogP contribution in [0.15, 0.2) is 36.5 Å². The van der Waals surface area contributed by atoms with Gasteiger partial charge in [-0.05, 0) is 17.9 Å². The summed E-state index contributed by atoms with van der Waals surface area (Å²) in [6.45, 7) is 1.88. The fraction of sp³-hybridized carbons (Fsp3) is 0.267. The number of carbonyl (C=O) groups is 2. The standard InChI is InChI=1S/C15H17N3O3/c1-2-5-12(14(16)19)21-15(20)18-13-8-10-6-3-4-7-11(10)9-17-13/h3-4,6-9,12H,2,5H2,1H3,(H2,16,19)(H,17,18,20). The summed E-state index contributed by atoms with van der Waals surface area (Å²) >= 11 is 0. The monoisotopic (exact) mass is 287 g/mol. The maximum Gasteiger partial charge on any atom is 0.413 e. The number of nitrogens with zero attached hydrogens (tertiary/aromatic N) is 1. The molecule has 0 spiro atoms. The summed E-state index contributed by atoms with van der Waals surface area (Å²) in [6.07, 6.45) is 1.08. The number of aromatic nitrogens is 1. The molecule has 1 heterocycles. The third kappa shape index (κ3) is 3.92. The van der Waals surface area contributed by atoms with Crippen molar-refractivity contribution in [3.05, 3.63) is 36.5 Å². The van der Waals surface area contributed by atoms with Gasteiger partial charge in [0.1, 0.15) is 5.82 Å². The van der Waals surface area contributed by atoms with Crippen molar-refractivity contribution in [2.45, 2.75) is 25.9 Å². The molecule has 2 amide bonds. The molecule has 6 heteroatoms. The van der Waals surface area contributed by atoms with Crippen molar-refractivity contribution in [3.63, 3.8) is 0 Å². The maximum atomic E-state index is 11.8. The second-order valence-electron chi connectivity index (χ2n) is 4.63. The summed E-state index contributed by atoms with van der Waals surface area (Å²) in [4.78, 5) is 27.0. The molecule has 0 aliphatic heterocycles. The van der Waals surface area contributed by atoms with E-state index in [1.54, 1.807) is 12.3 Å². The molecule has 0 radical (unpaired) electrons. The van der Waals surface area contributed by atoms with Gasteiger partial charge < -0.3 is 10.5 Å². The van der Waals surface area contributed by atoms with Crippen LogP contribution in [0.25, 0.3) is 10.8 Å². The van der Waals surface area contributed by atoms with Gasteiger partial charge in [0.2, 0.25) is 0 Å². The van der Waals surface area contributed by atoms with E-state index >= 15 is 0 Å². The zero-order valence-corrected chi connectivity index (χ0v) is 11.7. The Bertz CT molecular complexity index is 657. The first-order chi connectivity index (χ1) is 10.1. The van der Waals surface area contributed by atoms with E-state index in [0.29, 0.717) is 18.7 Å². The van der Waals surface area contributed by atoms with Crippen molar-refractivity contribution in [1.29, 1.82) is 0 Å². The third-order valence-corrected chi connectivity index (χ3v) is 2.98. The highest BCUT2D eigenvalue weighted by Crippen LogP contribution is 2.16. The number of nitrogens with two attached hydrogens (primary N) is 1. The molecular weight excluding hydrogens is 270 g/mol. The normalized spacial score (nSPS) is 11.9. The third-order valence-electron chi connectivity index (χ3n) is 2.98. The minimum absolute atomic E-state index is 0.360. The van der Waals surface area contributed by atoms with Gasteiger partial charge in [-0.25, -0.2) is 9.78 Å². The van der Waals surface area contributed by atoms with Crippen molar-refractivity contribution in [2.24, 2.45) is 5.73 Å². The zero-order valence-electron chi connectivity index (χ0n) is 11.7. The van der Waals surface area contributed by atoms with E-state index in [2.05, 4.69) is 10.3 Å². The minimum atomic E-state index is -0.921. The summed E-state index contributed by atoms with van der Waals surface area (Å²) in [5, 5.41) is 4.41. The summed E-state index contributed by atoms with van der Waals surface area (Å²) in [5.74, 6) is -0.295. The maximum absolute atomic E-state index is 11.8. The Balaban J connectivity index is 2.05. The van der Waals surface area contributed by atoms with Crippen LogP contribution in [0.3, 0.4) is 0 Å². The molecule has 1 aromatic heterocycles. The molecule has 0 aliphatic carbocycles. The molecule has 21 heavy (non-hydrogen) atoms. The lowest BCUT2D eigenvalue weighted by atomic mass is 10.2. The van der Waals surface area contributed by atoms with Crippen molar-refractivity contribution >= 4 is 28.6 Å². The number of benzene rings is 1. The van der Waals surface area contributed by atoms with E-state index in [0.717, 1.165) is 10.8 Å². The van der Waals surface area contributed by atoms with Crippen molar-refractivity contribution in [2.75, 3.05) is 5.32 Å². The molecule has 1 unspecified atom stereocenters. The second kappa shape index (κ2) is 6.69. The number of hydrogen-bond donors (Lipinski definition) is 2. The number of carbonyl (C=O) groups excluding carboxylic acids is 2. The second-order valence-corrected chi connectivity index (χ2v) is 4.63. The average molecular weight is 287 g/mol. The first kappa shape index (κ1) is 14.8. The lowest BCUT2D eigenvalue weighted by molar-refractivity contribution is -0.126. The Morgan fingerprint density at radius 3 is 2.71 bits per heavy atom. The van der Waals surface area contributed by atoms with Gasteiger partial charge in [-0.1, -0.05) is 37.6 Å². The number of amides is 2. The van der Waals surface area contributed by atoms with Gasteiger partial charge in [0.05, 0.1) is 0 Å². The summed E-state index contributed by atoms with van der Waals surface area (Å²) < 4.78 is 5.00. The molecule has 2 aromatic rings. The van der Waals surface area contributed by atoms with Crippen LogP contribution in [0.2, 0.25) is 0 Å². The van der Waals surface area contributed by atoms with Crippen LogP contribution in [0.4, 0.5) is 10.6 Å². The number of rotatable bonds is 5. The Hall–Kier alpha value is -2.63. The van der Waals surface area contributed by atoms with E-state index < -0.39 is 18.1 Å². The summed E-state index contributed by atoms with van der Waals surface area (Å²) in [7, 11) is 0. The number of ether oxygens (including phenoxy) is 1. The van der Waals surface area contributed by atoms with Gasteiger partial charge in [-0.2, -0.15) is 0 Å². The molecular formula is C15H17N3O3. The smallest absolute Gasteiger partial charge is 0.413 e. The van der Waals surface area contributed by atoms with Gasteiger partial charge in [0.15, 0.2) is 6.10 Å². The highest BCUT2D eigenvalue weighted by atomic mass is 16.6. The fourth-order valence-electron chi connectivity index (χ4n) is 1.94. The van der Waals surface area contributed by atoms with Crippen LogP contribution in [-0.4, -0.2) is 23.1 Å². The predicted molar refractivity (Wildman–Crippen MR) is 79.7 cm³/mol. The highest BCUT2D eigenvalue weighted by Gasteiger charge is 2.19. The fourth-order valence-corrected chi connectivity index (χ4v) is 1.94. The SMILES string of the molecule is CCCC(OC(=O)Nc1cc2ccccc2cn1)C(N)=O.